The molecular formula is C12H13N3O. The van der Waals surface area contributed by atoms with E-state index >= 15 is 0 Å². The van der Waals surface area contributed by atoms with Crippen LogP contribution < -0.4 is 10.6 Å². The number of H-pyrrole nitrogens is 1. The van der Waals surface area contributed by atoms with E-state index in [9.17, 15) is 4.79 Å². The van der Waals surface area contributed by atoms with Crippen LogP contribution in [0.4, 0.5) is 0 Å². The van der Waals surface area contributed by atoms with E-state index in [0.717, 1.165) is 29.6 Å². The third kappa shape index (κ3) is 1.47. The molecule has 0 aliphatic carbocycles. The molecule has 1 aliphatic rings. The van der Waals surface area contributed by atoms with Crippen molar-refractivity contribution in [1.82, 2.24) is 15.6 Å². The molecule has 0 radical (unpaired) electrons. The Bertz CT molecular complexity index is 528. The number of carbonyl (C=O) groups excluding carboxylic acids is 1. The first-order valence-corrected chi connectivity index (χ1v) is 5.42. The molecule has 1 aliphatic heterocycles. The molecule has 82 valence electrons. The summed E-state index contributed by atoms with van der Waals surface area (Å²) in [5, 5.41) is 7.09. The minimum atomic E-state index is 0.00366. The fraction of sp³-hybridized carbons (Fsp3) is 0.250. The van der Waals surface area contributed by atoms with Crippen molar-refractivity contribution in [1.29, 1.82) is 0 Å². The average molecular weight is 215 g/mol. The van der Waals surface area contributed by atoms with Gasteiger partial charge in [0, 0.05) is 30.2 Å². The van der Waals surface area contributed by atoms with Gasteiger partial charge in [0.05, 0.1) is 11.6 Å². The molecule has 3 N–H and O–H groups in total. The molecule has 0 spiro atoms. The Morgan fingerprint density at radius 2 is 2.12 bits per heavy atom. The van der Waals surface area contributed by atoms with E-state index in [4.69, 9.17) is 0 Å². The Hall–Kier alpha value is -1.81. The maximum atomic E-state index is 12.0. The highest BCUT2D eigenvalue weighted by molar-refractivity contribution is 6.06. The van der Waals surface area contributed by atoms with Crippen LogP contribution in [-0.2, 0) is 0 Å². The second kappa shape index (κ2) is 3.64. The quantitative estimate of drug-likeness (QED) is 0.696. The number of para-hydroxylation sites is 1. The lowest BCUT2D eigenvalue weighted by Crippen LogP contribution is -2.56. The van der Waals surface area contributed by atoms with E-state index in [1.165, 1.54) is 0 Å². The van der Waals surface area contributed by atoms with E-state index in [0.29, 0.717) is 0 Å². The lowest BCUT2D eigenvalue weighted by molar-refractivity contribution is 0.0925. The minimum absolute atomic E-state index is 0.00366. The molecule has 0 bridgehead atoms. The van der Waals surface area contributed by atoms with Gasteiger partial charge in [0.2, 0.25) is 0 Å². The highest BCUT2D eigenvalue weighted by Gasteiger charge is 2.20. The number of amides is 1. The molecule has 0 atom stereocenters. The normalized spacial score (nSPS) is 16.0. The Kier molecular flexibility index (Phi) is 2.15. The number of carbonyl (C=O) groups is 1. The number of benzene rings is 1. The van der Waals surface area contributed by atoms with Crippen molar-refractivity contribution < 1.29 is 4.79 Å². The first-order chi connectivity index (χ1) is 7.84. The van der Waals surface area contributed by atoms with Crippen LogP contribution in [0.5, 0.6) is 0 Å². The third-order valence-electron chi connectivity index (χ3n) is 2.95. The van der Waals surface area contributed by atoms with Crippen molar-refractivity contribution >= 4 is 16.8 Å². The van der Waals surface area contributed by atoms with Crippen LogP contribution in [0.1, 0.15) is 10.4 Å². The zero-order chi connectivity index (χ0) is 11.0. The summed E-state index contributed by atoms with van der Waals surface area (Å²) in [5.74, 6) is 0.00366. The zero-order valence-corrected chi connectivity index (χ0v) is 8.79. The van der Waals surface area contributed by atoms with Gasteiger partial charge in [-0.1, -0.05) is 18.2 Å². The average Bonchev–Trinajstić information content (AvgIpc) is 2.67. The van der Waals surface area contributed by atoms with Gasteiger partial charge in [0.15, 0.2) is 0 Å². The van der Waals surface area contributed by atoms with Crippen LogP contribution in [0.15, 0.2) is 30.5 Å². The molecule has 1 aromatic heterocycles. The summed E-state index contributed by atoms with van der Waals surface area (Å²) < 4.78 is 0. The van der Waals surface area contributed by atoms with E-state index < -0.39 is 0 Å². The van der Waals surface area contributed by atoms with Gasteiger partial charge < -0.3 is 15.6 Å². The highest BCUT2D eigenvalue weighted by atomic mass is 16.1. The monoisotopic (exact) mass is 215 g/mol. The van der Waals surface area contributed by atoms with Gasteiger partial charge >= 0.3 is 0 Å². The van der Waals surface area contributed by atoms with Gasteiger partial charge in [-0.3, -0.25) is 4.79 Å². The summed E-state index contributed by atoms with van der Waals surface area (Å²) in [5.41, 5.74) is 1.72. The molecule has 4 heteroatoms. The van der Waals surface area contributed by atoms with Crippen LogP contribution >= 0.6 is 0 Å². The molecule has 1 aromatic carbocycles. The van der Waals surface area contributed by atoms with E-state index in [1.54, 1.807) is 6.20 Å². The van der Waals surface area contributed by atoms with Gasteiger partial charge in [0.25, 0.3) is 5.91 Å². The molecule has 4 nitrogen and oxygen atoms in total. The molecule has 1 saturated heterocycles. The van der Waals surface area contributed by atoms with Crippen LogP contribution in [-0.4, -0.2) is 30.0 Å². The summed E-state index contributed by atoms with van der Waals surface area (Å²) in [6.07, 6.45) is 1.77. The number of hydrogen-bond acceptors (Lipinski definition) is 2. The van der Waals surface area contributed by atoms with Crippen LogP contribution in [0.25, 0.3) is 10.9 Å². The predicted octanol–water partition coefficient (Wildman–Crippen LogP) is 0.870. The summed E-state index contributed by atoms with van der Waals surface area (Å²) >= 11 is 0. The van der Waals surface area contributed by atoms with E-state index in [2.05, 4.69) is 15.6 Å². The Morgan fingerprint density at radius 3 is 2.88 bits per heavy atom. The van der Waals surface area contributed by atoms with Gasteiger partial charge in [0.1, 0.15) is 0 Å². The molecular weight excluding hydrogens is 202 g/mol. The van der Waals surface area contributed by atoms with Crippen molar-refractivity contribution in [2.75, 3.05) is 13.1 Å². The highest BCUT2D eigenvalue weighted by Crippen LogP contribution is 2.17. The van der Waals surface area contributed by atoms with Gasteiger partial charge in [-0.25, -0.2) is 0 Å². The van der Waals surface area contributed by atoms with Gasteiger partial charge in [-0.15, -0.1) is 0 Å². The number of rotatable bonds is 2. The molecule has 2 heterocycles. The number of aromatic amines is 1. The summed E-state index contributed by atoms with van der Waals surface area (Å²) in [7, 11) is 0. The van der Waals surface area contributed by atoms with E-state index in [-0.39, 0.29) is 11.9 Å². The van der Waals surface area contributed by atoms with Crippen molar-refractivity contribution in [3.63, 3.8) is 0 Å². The maximum Gasteiger partial charge on any atom is 0.253 e. The lowest BCUT2D eigenvalue weighted by Gasteiger charge is -2.27. The molecule has 3 rings (SSSR count). The number of aromatic nitrogens is 1. The Labute approximate surface area is 93.0 Å². The fourth-order valence-electron chi connectivity index (χ4n) is 1.91. The van der Waals surface area contributed by atoms with Crippen molar-refractivity contribution in [3.05, 3.63) is 36.0 Å². The molecule has 1 fully saturated rings. The second-order valence-electron chi connectivity index (χ2n) is 4.08. The largest absolute Gasteiger partial charge is 0.360 e. The van der Waals surface area contributed by atoms with Crippen LogP contribution in [0, 0.1) is 0 Å². The topological polar surface area (TPSA) is 56.9 Å². The fourth-order valence-corrected chi connectivity index (χ4v) is 1.91. The van der Waals surface area contributed by atoms with Crippen molar-refractivity contribution in [2.24, 2.45) is 0 Å². The molecule has 0 unspecified atom stereocenters. The lowest BCUT2D eigenvalue weighted by atomic mass is 10.1. The summed E-state index contributed by atoms with van der Waals surface area (Å²) in [6.45, 7) is 1.74. The zero-order valence-electron chi connectivity index (χ0n) is 8.79. The third-order valence-corrected chi connectivity index (χ3v) is 2.95. The standard InChI is InChI=1S/C12H13N3O/c16-12(15-8-5-13-6-8)10-7-14-11-4-2-1-3-9(10)11/h1-4,7-8,13-14H,5-6H2,(H,15,16). The van der Waals surface area contributed by atoms with Crippen molar-refractivity contribution in [2.45, 2.75) is 6.04 Å². The Morgan fingerprint density at radius 1 is 1.31 bits per heavy atom. The van der Waals surface area contributed by atoms with Gasteiger partial charge in [-0.2, -0.15) is 0 Å². The Balaban J connectivity index is 1.89. The van der Waals surface area contributed by atoms with E-state index in [1.807, 2.05) is 24.3 Å². The smallest absolute Gasteiger partial charge is 0.253 e. The number of hydrogen-bond donors (Lipinski definition) is 3. The predicted molar refractivity (Wildman–Crippen MR) is 62.4 cm³/mol. The summed E-state index contributed by atoms with van der Waals surface area (Å²) in [6, 6.07) is 8.10. The first kappa shape index (κ1) is 9.42. The van der Waals surface area contributed by atoms with Gasteiger partial charge in [-0.05, 0) is 6.07 Å². The number of nitrogens with one attached hydrogen (secondary N) is 3. The molecule has 0 saturated carbocycles. The molecule has 16 heavy (non-hydrogen) atoms. The first-order valence-electron chi connectivity index (χ1n) is 5.42. The van der Waals surface area contributed by atoms with Crippen LogP contribution in [0.2, 0.25) is 0 Å². The summed E-state index contributed by atoms with van der Waals surface area (Å²) in [4.78, 5) is 15.1. The van der Waals surface area contributed by atoms with Crippen LogP contribution in [0.3, 0.4) is 0 Å². The number of fused-ring (bicyclic) bond motifs is 1. The minimum Gasteiger partial charge on any atom is -0.360 e. The maximum absolute atomic E-state index is 12.0. The molecule has 2 aromatic rings. The van der Waals surface area contributed by atoms with Crippen molar-refractivity contribution in [3.8, 4) is 0 Å². The second-order valence-corrected chi connectivity index (χ2v) is 4.08. The molecule has 1 amide bonds. The SMILES string of the molecule is O=C(NC1CNC1)c1c[nH]c2ccccc12.